The van der Waals surface area contributed by atoms with E-state index in [1.807, 2.05) is 0 Å². The summed E-state index contributed by atoms with van der Waals surface area (Å²) in [6.45, 7) is 0. The number of allylic oxidation sites excluding steroid dienone is 1. The largest absolute Gasteiger partial charge is 0.289 e. The summed E-state index contributed by atoms with van der Waals surface area (Å²) in [4.78, 5) is 21.7. The minimum Gasteiger partial charge on any atom is -0.289 e. The van der Waals surface area contributed by atoms with Gasteiger partial charge in [-0.1, -0.05) is 0 Å². The fourth-order valence-corrected chi connectivity index (χ4v) is 1.65. The van der Waals surface area contributed by atoms with E-state index < -0.39 is 22.3 Å². The van der Waals surface area contributed by atoms with Gasteiger partial charge in [0.2, 0.25) is 0 Å². The van der Waals surface area contributed by atoms with Crippen LogP contribution >= 0.6 is 0 Å². The summed E-state index contributed by atoms with van der Waals surface area (Å²) in [5.41, 5.74) is 0.186. The SMILES string of the molecule is O=C(/C=C/c1ccc(F)cc1F)c1ccc([N+](=O)[O-])cc1. The molecule has 0 aromatic heterocycles. The van der Waals surface area contributed by atoms with Crippen molar-refractivity contribution in [3.8, 4) is 0 Å². The molecule has 0 unspecified atom stereocenters. The molecule has 0 aliphatic rings. The van der Waals surface area contributed by atoms with Gasteiger partial charge in [0.15, 0.2) is 5.78 Å². The van der Waals surface area contributed by atoms with Crippen molar-refractivity contribution < 1.29 is 18.5 Å². The first-order valence-corrected chi connectivity index (χ1v) is 5.89. The number of hydrogen-bond donors (Lipinski definition) is 0. The van der Waals surface area contributed by atoms with Crippen molar-refractivity contribution >= 4 is 17.5 Å². The number of nitrogens with zero attached hydrogens (tertiary/aromatic N) is 1. The Labute approximate surface area is 118 Å². The minimum atomic E-state index is -0.775. The first kappa shape index (κ1) is 14.5. The van der Waals surface area contributed by atoms with E-state index in [0.29, 0.717) is 0 Å². The van der Waals surface area contributed by atoms with E-state index in [1.165, 1.54) is 36.4 Å². The molecule has 4 nitrogen and oxygen atoms in total. The number of ketones is 1. The zero-order chi connectivity index (χ0) is 15.4. The molecular formula is C15H9F2NO3. The summed E-state index contributed by atoms with van der Waals surface area (Å²) in [5, 5.41) is 10.5. The Balaban J connectivity index is 2.17. The molecule has 6 heteroatoms. The number of hydrogen-bond acceptors (Lipinski definition) is 3. The molecule has 0 bridgehead atoms. The van der Waals surface area contributed by atoms with Crippen molar-refractivity contribution in [1.82, 2.24) is 0 Å². The van der Waals surface area contributed by atoms with E-state index in [4.69, 9.17) is 0 Å². The Morgan fingerprint density at radius 3 is 2.33 bits per heavy atom. The fourth-order valence-electron chi connectivity index (χ4n) is 1.65. The quantitative estimate of drug-likeness (QED) is 0.372. The molecule has 0 saturated heterocycles. The minimum absolute atomic E-state index is 0.0756. The number of nitro groups is 1. The lowest BCUT2D eigenvalue weighted by Crippen LogP contribution is -1.95. The first-order chi connectivity index (χ1) is 9.97. The van der Waals surface area contributed by atoms with Crippen molar-refractivity contribution in [3.63, 3.8) is 0 Å². The van der Waals surface area contributed by atoms with Crippen molar-refractivity contribution in [2.24, 2.45) is 0 Å². The van der Waals surface area contributed by atoms with Crippen LogP contribution in [0.1, 0.15) is 15.9 Å². The molecule has 0 aliphatic heterocycles. The molecule has 106 valence electrons. The van der Waals surface area contributed by atoms with Gasteiger partial charge in [-0.15, -0.1) is 0 Å². The maximum Gasteiger partial charge on any atom is 0.269 e. The monoisotopic (exact) mass is 289 g/mol. The Morgan fingerprint density at radius 2 is 1.76 bits per heavy atom. The van der Waals surface area contributed by atoms with Gasteiger partial charge in [0.25, 0.3) is 5.69 Å². The van der Waals surface area contributed by atoms with Crippen molar-refractivity contribution in [2.75, 3.05) is 0 Å². The molecule has 0 fully saturated rings. The number of carbonyl (C=O) groups is 1. The molecule has 0 radical (unpaired) electrons. The first-order valence-electron chi connectivity index (χ1n) is 5.89. The van der Waals surface area contributed by atoms with Crippen LogP contribution in [0.3, 0.4) is 0 Å². The maximum absolute atomic E-state index is 13.4. The fraction of sp³-hybridized carbons (Fsp3) is 0. The van der Waals surface area contributed by atoms with Crippen LogP contribution in [0.25, 0.3) is 6.08 Å². The van der Waals surface area contributed by atoms with Crippen LogP contribution in [-0.2, 0) is 0 Å². The van der Waals surface area contributed by atoms with Crippen molar-refractivity contribution in [1.29, 1.82) is 0 Å². The highest BCUT2D eigenvalue weighted by molar-refractivity contribution is 6.06. The summed E-state index contributed by atoms with van der Waals surface area (Å²) in [5.74, 6) is -1.91. The predicted molar refractivity (Wildman–Crippen MR) is 72.8 cm³/mol. The molecule has 0 aliphatic carbocycles. The van der Waals surface area contributed by atoms with Crippen LogP contribution in [0, 0.1) is 21.7 Å². The van der Waals surface area contributed by atoms with Gasteiger partial charge in [0.1, 0.15) is 11.6 Å². The number of non-ortho nitro benzene ring substituents is 1. The summed E-state index contributed by atoms with van der Waals surface area (Å²) in [6, 6.07) is 8.05. The van der Waals surface area contributed by atoms with Gasteiger partial charge in [-0.25, -0.2) is 8.78 Å². The zero-order valence-electron chi connectivity index (χ0n) is 10.6. The second-order valence-corrected chi connectivity index (χ2v) is 4.17. The summed E-state index contributed by atoms with van der Waals surface area (Å²) < 4.78 is 26.1. The van der Waals surface area contributed by atoms with E-state index in [1.54, 1.807) is 0 Å². The molecular weight excluding hydrogens is 280 g/mol. The summed E-state index contributed by atoms with van der Waals surface area (Å²) >= 11 is 0. The molecule has 0 spiro atoms. The molecule has 2 rings (SSSR count). The number of halogens is 2. The number of carbonyl (C=O) groups excluding carboxylic acids is 1. The van der Waals surface area contributed by atoms with E-state index in [0.717, 1.165) is 18.2 Å². The van der Waals surface area contributed by atoms with Gasteiger partial charge in [0.05, 0.1) is 4.92 Å². The number of benzene rings is 2. The van der Waals surface area contributed by atoms with Gasteiger partial charge in [-0.05, 0) is 36.4 Å². The second-order valence-electron chi connectivity index (χ2n) is 4.17. The van der Waals surface area contributed by atoms with Gasteiger partial charge < -0.3 is 0 Å². The topological polar surface area (TPSA) is 60.2 Å². The molecule has 0 heterocycles. The third kappa shape index (κ3) is 3.56. The Morgan fingerprint density at radius 1 is 1.10 bits per heavy atom. The maximum atomic E-state index is 13.4. The zero-order valence-corrected chi connectivity index (χ0v) is 10.6. The normalized spacial score (nSPS) is 10.8. The van der Waals surface area contributed by atoms with Crippen LogP contribution in [0.2, 0.25) is 0 Å². The third-order valence-corrected chi connectivity index (χ3v) is 2.74. The smallest absolute Gasteiger partial charge is 0.269 e. The van der Waals surface area contributed by atoms with E-state index >= 15 is 0 Å². The highest BCUT2D eigenvalue weighted by atomic mass is 19.1. The Hall–Kier alpha value is -2.89. The Kier molecular flexibility index (Phi) is 4.18. The third-order valence-electron chi connectivity index (χ3n) is 2.74. The predicted octanol–water partition coefficient (Wildman–Crippen LogP) is 3.77. The molecule has 2 aromatic carbocycles. The van der Waals surface area contributed by atoms with Gasteiger partial charge in [-0.3, -0.25) is 14.9 Å². The van der Waals surface area contributed by atoms with Crippen LogP contribution in [0.5, 0.6) is 0 Å². The lowest BCUT2D eigenvalue weighted by molar-refractivity contribution is -0.384. The molecule has 2 aromatic rings. The lowest BCUT2D eigenvalue weighted by atomic mass is 10.1. The highest BCUT2D eigenvalue weighted by Crippen LogP contribution is 2.14. The summed E-state index contributed by atoms with van der Waals surface area (Å²) in [7, 11) is 0. The standard InChI is InChI=1S/C15H9F2NO3/c16-12-5-1-10(14(17)9-12)4-8-15(19)11-2-6-13(7-3-11)18(20)21/h1-9H/b8-4+. The molecule has 0 saturated carbocycles. The van der Waals surface area contributed by atoms with Gasteiger partial charge in [-0.2, -0.15) is 0 Å². The number of rotatable bonds is 4. The van der Waals surface area contributed by atoms with E-state index in [-0.39, 0.29) is 16.8 Å². The summed E-state index contributed by atoms with van der Waals surface area (Å²) in [6.07, 6.45) is 2.34. The Bertz CT molecular complexity index is 724. The van der Waals surface area contributed by atoms with E-state index in [9.17, 15) is 23.7 Å². The van der Waals surface area contributed by atoms with Crippen LogP contribution in [0.15, 0.2) is 48.5 Å². The molecule has 21 heavy (non-hydrogen) atoms. The molecule has 0 N–H and O–H groups in total. The van der Waals surface area contributed by atoms with Crippen molar-refractivity contribution in [2.45, 2.75) is 0 Å². The van der Waals surface area contributed by atoms with Crippen LogP contribution < -0.4 is 0 Å². The highest BCUT2D eigenvalue weighted by Gasteiger charge is 2.07. The lowest BCUT2D eigenvalue weighted by Gasteiger charge is -1.98. The van der Waals surface area contributed by atoms with Gasteiger partial charge >= 0.3 is 0 Å². The van der Waals surface area contributed by atoms with Gasteiger partial charge in [0, 0.05) is 29.3 Å². The van der Waals surface area contributed by atoms with E-state index in [2.05, 4.69) is 0 Å². The average molecular weight is 289 g/mol. The molecule has 0 amide bonds. The second kappa shape index (κ2) is 6.04. The van der Waals surface area contributed by atoms with Crippen LogP contribution in [-0.4, -0.2) is 10.7 Å². The number of nitro benzene ring substituents is 1. The average Bonchev–Trinajstić information content (AvgIpc) is 2.46. The molecule has 0 atom stereocenters. The van der Waals surface area contributed by atoms with Crippen LogP contribution in [0.4, 0.5) is 14.5 Å². The van der Waals surface area contributed by atoms with Crippen molar-refractivity contribution in [3.05, 3.63) is 81.4 Å².